The van der Waals surface area contributed by atoms with Crippen LogP contribution in [0.4, 0.5) is 0 Å². The molecule has 0 amide bonds. The van der Waals surface area contributed by atoms with Crippen LogP contribution in [-0.2, 0) is 13.3 Å². The average molecular weight is 527 g/mol. The van der Waals surface area contributed by atoms with Crippen molar-refractivity contribution in [2.24, 2.45) is 0 Å². The molecule has 0 aliphatic heterocycles. The molecule has 0 unspecified atom stereocenters. The second kappa shape index (κ2) is 22.3. The van der Waals surface area contributed by atoms with Crippen LogP contribution in [0.5, 0.6) is 0 Å². The maximum Gasteiger partial charge on any atom is 0.501 e. The van der Waals surface area contributed by atoms with Crippen molar-refractivity contribution in [2.75, 3.05) is 47.0 Å². The highest BCUT2D eigenvalue weighted by molar-refractivity contribution is 6.60. The summed E-state index contributed by atoms with van der Waals surface area (Å²) in [5.41, 5.74) is 0. The SMILES string of the molecule is CCCCCCCCCCCCCC[N+](C)(C)CCC[Si](OCC)(OCC)OCC.[Br-]. The average Bonchev–Trinajstić information content (AvgIpc) is 2.69. The maximum atomic E-state index is 5.99. The molecule has 0 bridgehead atoms. The van der Waals surface area contributed by atoms with Gasteiger partial charge in [-0.25, -0.2) is 0 Å². The Hall–Kier alpha value is 0.537. The lowest BCUT2D eigenvalue weighted by atomic mass is 10.1. The molecule has 0 atom stereocenters. The zero-order valence-corrected chi connectivity index (χ0v) is 24.6. The van der Waals surface area contributed by atoms with Gasteiger partial charge in [0.05, 0.1) is 27.2 Å². The molecule has 6 heteroatoms. The van der Waals surface area contributed by atoms with Crippen molar-refractivity contribution < 1.29 is 34.7 Å². The largest absolute Gasteiger partial charge is 1.00 e. The molecular formula is C25H56BrNO3Si. The van der Waals surface area contributed by atoms with Gasteiger partial charge in [-0.15, -0.1) is 0 Å². The lowest BCUT2D eigenvalue weighted by Crippen LogP contribution is -3.00. The van der Waals surface area contributed by atoms with Gasteiger partial charge in [0.15, 0.2) is 0 Å². The first-order chi connectivity index (χ1) is 14.4. The van der Waals surface area contributed by atoms with Gasteiger partial charge in [0.1, 0.15) is 0 Å². The first-order valence-corrected chi connectivity index (χ1v) is 15.1. The summed E-state index contributed by atoms with van der Waals surface area (Å²) in [6.45, 7) is 12.8. The summed E-state index contributed by atoms with van der Waals surface area (Å²) in [5.74, 6) is 0. The van der Waals surface area contributed by atoms with Gasteiger partial charge >= 0.3 is 8.80 Å². The molecule has 0 spiro atoms. The van der Waals surface area contributed by atoms with E-state index in [9.17, 15) is 0 Å². The van der Waals surface area contributed by atoms with Crippen LogP contribution in [0, 0.1) is 0 Å². The summed E-state index contributed by atoms with van der Waals surface area (Å²) in [4.78, 5) is 0. The number of hydrogen-bond acceptors (Lipinski definition) is 3. The van der Waals surface area contributed by atoms with Crippen molar-refractivity contribution in [3.8, 4) is 0 Å². The van der Waals surface area contributed by atoms with Gasteiger partial charge in [-0.1, -0.05) is 71.1 Å². The minimum atomic E-state index is -2.48. The molecule has 0 aromatic rings. The Kier molecular flexibility index (Phi) is 24.3. The summed E-state index contributed by atoms with van der Waals surface area (Å²) in [7, 11) is 2.25. The molecule has 0 radical (unpaired) electrons. The predicted molar refractivity (Wildman–Crippen MR) is 133 cm³/mol. The fourth-order valence-electron chi connectivity index (χ4n) is 4.22. The zero-order valence-electron chi connectivity index (χ0n) is 22.0. The van der Waals surface area contributed by atoms with Crippen molar-refractivity contribution in [1.29, 1.82) is 0 Å². The predicted octanol–water partition coefficient (Wildman–Crippen LogP) is 4.21. The third-order valence-electron chi connectivity index (χ3n) is 5.96. The molecule has 0 saturated heterocycles. The minimum Gasteiger partial charge on any atom is -1.00 e. The molecule has 0 rings (SSSR count). The summed E-state index contributed by atoms with van der Waals surface area (Å²) in [6, 6.07) is 0.933. The molecule has 31 heavy (non-hydrogen) atoms. The van der Waals surface area contributed by atoms with Crippen molar-refractivity contribution in [2.45, 2.75) is 117 Å². The van der Waals surface area contributed by atoms with Crippen LogP contribution in [0.25, 0.3) is 0 Å². The van der Waals surface area contributed by atoms with E-state index in [-0.39, 0.29) is 17.0 Å². The molecule has 190 valence electrons. The van der Waals surface area contributed by atoms with Crippen molar-refractivity contribution in [3.63, 3.8) is 0 Å². The number of halogens is 1. The monoisotopic (exact) mass is 525 g/mol. The topological polar surface area (TPSA) is 27.7 Å². The van der Waals surface area contributed by atoms with Gasteiger partial charge in [-0.2, -0.15) is 0 Å². The highest BCUT2D eigenvalue weighted by Gasteiger charge is 2.40. The van der Waals surface area contributed by atoms with Gasteiger partial charge in [-0.3, -0.25) is 0 Å². The molecule has 0 N–H and O–H groups in total. The summed E-state index contributed by atoms with van der Waals surface area (Å²) in [5, 5.41) is 0. The molecule has 0 aromatic carbocycles. The van der Waals surface area contributed by atoms with Crippen LogP contribution >= 0.6 is 0 Å². The van der Waals surface area contributed by atoms with E-state index in [1.165, 1.54) is 90.1 Å². The third kappa shape index (κ3) is 19.7. The number of quaternary nitrogens is 1. The van der Waals surface area contributed by atoms with Gasteiger partial charge in [0.2, 0.25) is 0 Å². The standard InChI is InChI=1S/C25H56NO3Si.BrH/c1-7-11-12-13-14-15-16-17-18-19-20-21-23-26(5,6)24-22-25-30(27-8-2,28-9-3)29-10-4;/h7-25H2,1-6H3;1H/q+1;/p-1. The van der Waals surface area contributed by atoms with E-state index in [0.717, 1.165) is 16.9 Å². The molecule has 0 aliphatic carbocycles. The van der Waals surface area contributed by atoms with E-state index in [4.69, 9.17) is 13.3 Å². The van der Waals surface area contributed by atoms with Crippen LogP contribution in [0.15, 0.2) is 0 Å². The Morgan fingerprint density at radius 3 is 1.26 bits per heavy atom. The number of unbranched alkanes of at least 4 members (excludes halogenated alkanes) is 11. The molecule has 0 fully saturated rings. The minimum absolute atomic E-state index is 0. The van der Waals surface area contributed by atoms with Gasteiger partial charge in [0.25, 0.3) is 0 Å². The normalized spacial score (nSPS) is 12.2. The highest BCUT2D eigenvalue weighted by Crippen LogP contribution is 2.20. The van der Waals surface area contributed by atoms with Crippen molar-refractivity contribution in [3.05, 3.63) is 0 Å². The van der Waals surface area contributed by atoms with Gasteiger partial charge < -0.3 is 34.7 Å². The first kappa shape index (κ1) is 33.7. The highest BCUT2D eigenvalue weighted by atomic mass is 79.9. The first-order valence-electron chi connectivity index (χ1n) is 13.2. The lowest BCUT2D eigenvalue weighted by Gasteiger charge is -2.32. The Morgan fingerprint density at radius 1 is 0.516 bits per heavy atom. The van der Waals surface area contributed by atoms with Gasteiger partial charge in [0, 0.05) is 32.3 Å². The summed E-state index contributed by atoms with van der Waals surface area (Å²) >= 11 is 0. The second-order valence-electron chi connectivity index (χ2n) is 9.36. The molecular weight excluding hydrogens is 470 g/mol. The van der Waals surface area contributed by atoms with Crippen LogP contribution in [0.3, 0.4) is 0 Å². The number of rotatable bonds is 23. The molecule has 0 aromatic heterocycles. The van der Waals surface area contributed by atoms with E-state index in [1.54, 1.807) is 0 Å². The van der Waals surface area contributed by atoms with Crippen molar-refractivity contribution in [1.82, 2.24) is 0 Å². The van der Waals surface area contributed by atoms with Crippen LogP contribution < -0.4 is 17.0 Å². The Morgan fingerprint density at radius 2 is 0.871 bits per heavy atom. The van der Waals surface area contributed by atoms with Crippen LogP contribution in [0.2, 0.25) is 6.04 Å². The van der Waals surface area contributed by atoms with Crippen molar-refractivity contribution >= 4 is 8.80 Å². The van der Waals surface area contributed by atoms with E-state index in [0.29, 0.717) is 19.8 Å². The Balaban J connectivity index is 0. The second-order valence-corrected chi connectivity index (χ2v) is 12.1. The summed E-state index contributed by atoms with van der Waals surface area (Å²) in [6.07, 6.45) is 18.1. The summed E-state index contributed by atoms with van der Waals surface area (Å²) < 4.78 is 19.1. The van der Waals surface area contributed by atoms with E-state index >= 15 is 0 Å². The third-order valence-corrected chi connectivity index (χ3v) is 9.11. The molecule has 0 aliphatic rings. The Bertz CT molecular complexity index is 356. The molecule has 4 nitrogen and oxygen atoms in total. The quantitative estimate of drug-likeness (QED) is 0.113. The number of hydrogen-bond donors (Lipinski definition) is 0. The maximum absolute atomic E-state index is 5.99. The van der Waals surface area contributed by atoms with Crippen LogP contribution in [0.1, 0.15) is 111 Å². The van der Waals surface area contributed by atoms with E-state index in [1.807, 2.05) is 20.8 Å². The fraction of sp³-hybridized carbons (Fsp3) is 1.00. The Labute approximate surface area is 207 Å². The lowest BCUT2D eigenvalue weighted by molar-refractivity contribution is -0.890. The van der Waals surface area contributed by atoms with Crippen LogP contribution in [-0.4, -0.2) is 60.3 Å². The number of nitrogens with zero attached hydrogens (tertiary/aromatic N) is 1. The van der Waals surface area contributed by atoms with E-state index in [2.05, 4.69) is 21.0 Å². The van der Waals surface area contributed by atoms with E-state index < -0.39 is 8.80 Å². The smallest absolute Gasteiger partial charge is 0.501 e. The molecule has 0 heterocycles. The zero-order chi connectivity index (χ0) is 22.6. The molecule has 0 saturated carbocycles. The fourth-order valence-corrected chi connectivity index (χ4v) is 6.81. The van der Waals surface area contributed by atoms with Gasteiger partial charge in [-0.05, 0) is 33.6 Å².